The molecule has 0 aliphatic heterocycles. The number of ketones is 2. The highest BCUT2D eigenvalue weighted by Crippen LogP contribution is 2.29. The van der Waals surface area contributed by atoms with Gasteiger partial charge in [0.25, 0.3) is 10.0 Å². The highest BCUT2D eigenvalue weighted by Gasteiger charge is 2.35. The van der Waals surface area contributed by atoms with E-state index in [-0.39, 0.29) is 22.1 Å². The molecule has 1 unspecified atom stereocenters. The number of allylic oxidation sites excluding steroid dienone is 2. The summed E-state index contributed by atoms with van der Waals surface area (Å²) in [7, 11) is -3.74. The van der Waals surface area contributed by atoms with E-state index in [9.17, 15) is 18.0 Å². The third-order valence-electron chi connectivity index (χ3n) is 5.02. The van der Waals surface area contributed by atoms with E-state index < -0.39 is 21.7 Å². The van der Waals surface area contributed by atoms with Crippen LogP contribution in [0.4, 0.5) is 10.7 Å². The molecule has 10 heteroatoms. The summed E-state index contributed by atoms with van der Waals surface area (Å²) in [6.45, 7) is 6.85. The Hall–Kier alpha value is -2.98. The minimum Gasteiger partial charge on any atom is -0.396 e. The highest BCUT2D eigenvalue weighted by molar-refractivity contribution is 7.93. The molecule has 2 aromatic rings. The molecular formula is C20H22N4O4S2. The molecule has 0 amide bonds. The molecule has 3 rings (SSSR count). The Labute approximate surface area is 178 Å². The standard InChI is InChI=1S/C20H22N4O4S2/c1-10-9-29-20(11(10)2)24-30(27,28)15-7-5-14(6-8-15)22-23-17-16(21)12(3)18(25)13(4)19(17)26/h5-9,13,22,24H,21H2,1-4H3/b23-17-. The Bertz CT molecular complexity index is 1190. The number of carbonyl (C=O) groups is 2. The van der Waals surface area contributed by atoms with E-state index >= 15 is 0 Å². The van der Waals surface area contributed by atoms with E-state index in [1.54, 1.807) is 6.92 Å². The normalized spacial score (nSPS) is 18.8. The predicted octanol–water partition coefficient (Wildman–Crippen LogP) is 2.95. The van der Waals surface area contributed by atoms with Crippen LogP contribution in [0.25, 0.3) is 0 Å². The van der Waals surface area contributed by atoms with Crippen LogP contribution in [0.2, 0.25) is 0 Å². The summed E-state index contributed by atoms with van der Waals surface area (Å²) >= 11 is 1.33. The van der Waals surface area contributed by atoms with Crippen LogP contribution in [-0.2, 0) is 19.6 Å². The number of hydrogen-bond donors (Lipinski definition) is 3. The lowest BCUT2D eigenvalue weighted by Gasteiger charge is -2.19. The fourth-order valence-electron chi connectivity index (χ4n) is 2.82. The number of benzene rings is 1. The largest absolute Gasteiger partial charge is 0.396 e. The molecule has 0 saturated heterocycles. The van der Waals surface area contributed by atoms with Crippen molar-refractivity contribution in [2.24, 2.45) is 16.8 Å². The molecule has 4 N–H and O–H groups in total. The van der Waals surface area contributed by atoms with E-state index in [0.29, 0.717) is 16.3 Å². The molecule has 0 fully saturated rings. The van der Waals surface area contributed by atoms with Gasteiger partial charge in [0, 0.05) is 5.57 Å². The number of hydrogen-bond acceptors (Lipinski definition) is 8. The van der Waals surface area contributed by atoms with E-state index in [1.807, 2.05) is 19.2 Å². The zero-order valence-corrected chi connectivity index (χ0v) is 18.6. The average Bonchev–Trinajstić information content (AvgIpc) is 3.02. The summed E-state index contributed by atoms with van der Waals surface area (Å²) in [4.78, 5) is 24.4. The molecular weight excluding hydrogens is 424 g/mol. The van der Waals surface area contributed by atoms with Crippen LogP contribution in [0.15, 0.2) is 50.9 Å². The van der Waals surface area contributed by atoms with Crippen molar-refractivity contribution in [3.05, 3.63) is 52.0 Å². The van der Waals surface area contributed by atoms with Gasteiger partial charge in [-0.15, -0.1) is 11.3 Å². The van der Waals surface area contributed by atoms with Gasteiger partial charge in [0.1, 0.15) is 5.00 Å². The molecule has 0 radical (unpaired) electrons. The van der Waals surface area contributed by atoms with E-state index in [2.05, 4.69) is 15.2 Å². The lowest BCUT2D eigenvalue weighted by molar-refractivity contribution is -0.126. The smallest absolute Gasteiger partial charge is 0.262 e. The van der Waals surface area contributed by atoms with Crippen LogP contribution < -0.4 is 15.9 Å². The van der Waals surface area contributed by atoms with Crippen molar-refractivity contribution in [1.29, 1.82) is 0 Å². The fourth-order valence-corrected chi connectivity index (χ4v) is 5.16. The first-order valence-electron chi connectivity index (χ1n) is 9.09. The topological polar surface area (TPSA) is 131 Å². The van der Waals surface area contributed by atoms with Gasteiger partial charge in [0.2, 0.25) is 0 Å². The Morgan fingerprint density at radius 1 is 1.07 bits per heavy atom. The number of aryl methyl sites for hydroxylation is 1. The molecule has 1 atom stereocenters. The molecule has 1 aromatic carbocycles. The Morgan fingerprint density at radius 2 is 1.70 bits per heavy atom. The first-order chi connectivity index (χ1) is 14.0. The number of anilines is 2. The number of carbonyl (C=O) groups excluding carboxylic acids is 2. The maximum atomic E-state index is 12.6. The van der Waals surface area contributed by atoms with Crippen LogP contribution in [-0.4, -0.2) is 25.7 Å². The van der Waals surface area contributed by atoms with E-state index in [1.165, 1.54) is 42.5 Å². The summed E-state index contributed by atoms with van der Waals surface area (Å²) in [6, 6.07) is 5.92. The van der Waals surface area contributed by atoms with Gasteiger partial charge in [-0.05, 0) is 68.5 Å². The number of hydrazone groups is 1. The number of nitrogens with two attached hydrogens (primary N) is 1. The van der Waals surface area contributed by atoms with Gasteiger partial charge in [0.05, 0.1) is 22.2 Å². The molecule has 1 aromatic heterocycles. The lowest BCUT2D eigenvalue weighted by atomic mass is 9.85. The van der Waals surface area contributed by atoms with Crippen molar-refractivity contribution in [3.63, 3.8) is 0 Å². The summed E-state index contributed by atoms with van der Waals surface area (Å²) in [5.74, 6) is -1.60. The molecule has 8 nitrogen and oxygen atoms in total. The highest BCUT2D eigenvalue weighted by atomic mass is 32.2. The Balaban J connectivity index is 1.79. The Morgan fingerprint density at radius 3 is 2.27 bits per heavy atom. The van der Waals surface area contributed by atoms with Crippen molar-refractivity contribution in [3.8, 4) is 0 Å². The van der Waals surface area contributed by atoms with Crippen molar-refractivity contribution >= 4 is 49.3 Å². The number of nitrogens with zero attached hydrogens (tertiary/aromatic N) is 1. The summed E-state index contributed by atoms with van der Waals surface area (Å²) in [5, 5.41) is 6.52. The second-order valence-electron chi connectivity index (χ2n) is 7.06. The minimum atomic E-state index is -3.74. The third-order valence-corrected chi connectivity index (χ3v) is 7.63. The second kappa shape index (κ2) is 8.04. The third kappa shape index (κ3) is 4.01. The number of thiophene rings is 1. The number of nitrogens with one attached hydrogen (secondary N) is 2. The molecule has 30 heavy (non-hydrogen) atoms. The summed E-state index contributed by atoms with van der Waals surface area (Å²) in [5.41, 5.74) is 11.3. The molecule has 0 saturated carbocycles. The van der Waals surface area contributed by atoms with E-state index in [4.69, 9.17) is 5.73 Å². The van der Waals surface area contributed by atoms with Crippen molar-refractivity contribution in [2.75, 3.05) is 10.1 Å². The average molecular weight is 447 g/mol. The lowest BCUT2D eigenvalue weighted by Crippen LogP contribution is -2.39. The van der Waals surface area contributed by atoms with Crippen LogP contribution >= 0.6 is 11.3 Å². The zero-order chi connectivity index (χ0) is 22.2. The van der Waals surface area contributed by atoms with Gasteiger partial charge in [-0.3, -0.25) is 19.7 Å². The quantitative estimate of drug-likeness (QED) is 0.478. The molecule has 158 valence electrons. The van der Waals surface area contributed by atoms with Crippen molar-refractivity contribution in [1.82, 2.24) is 0 Å². The van der Waals surface area contributed by atoms with Gasteiger partial charge in [-0.25, -0.2) is 8.42 Å². The van der Waals surface area contributed by atoms with Gasteiger partial charge < -0.3 is 5.73 Å². The van der Waals surface area contributed by atoms with Crippen LogP contribution in [0, 0.1) is 19.8 Å². The van der Waals surface area contributed by atoms with Gasteiger partial charge in [0.15, 0.2) is 17.3 Å². The molecule has 1 aliphatic rings. The molecule has 1 aliphatic carbocycles. The fraction of sp³-hybridized carbons (Fsp3) is 0.250. The number of Topliss-reactive ketones (excluding diaryl/α,β-unsaturated/α-hetero) is 2. The molecule has 0 spiro atoms. The van der Waals surface area contributed by atoms with Gasteiger partial charge in [-0.2, -0.15) is 5.10 Å². The summed E-state index contributed by atoms with van der Waals surface area (Å²) < 4.78 is 27.8. The van der Waals surface area contributed by atoms with Crippen LogP contribution in [0.1, 0.15) is 25.0 Å². The number of sulfonamides is 1. The van der Waals surface area contributed by atoms with Crippen molar-refractivity contribution in [2.45, 2.75) is 32.6 Å². The predicted molar refractivity (Wildman–Crippen MR) is 118 cm³/mol. The molecule has 1 heterocycles. The monoisotopic (exact) mass is 446 g/mol. The summed E-state index contributed by atoms with van der Waals surface area (Å²) in [6.07, 6.45) is 0. The van der Waals surface area contributed by atoms with Crippen LogP contribution in [0.3, 0.4) is 0 Å². The van der Waals surface area contributed by atoms with Crippen molar-refractivity contribution < 1.29 is 18.0 Å². The first kappa shape index (κ1) is 21.7. The van der Waals surface area contributed by atoms with Gasteiger partial charge >= 0.3 is 0 Å². The Kier molecular flexibility index (Phi) is 5.82. The minimum absolute atomic E-state index is 0.0125. The first-order valence-corrected chi connectivity index (χ1v) is 11.5. The van der Waals surface area contributed by atoms with Crippen LogP contribution in [0.5, 0.6) is 0 Å². The second-order valence-corrected chi connectivity index (χ2v) is 9.63. The maximum absolute atomic E-state index is 12.6. The SMILES string of the molecule is CC1=C(N)/C(=N/Nc2ccc(S(=O)(=O)Nc3scc(C)c3C)cc2)C(=O)C(C)C1=O. The zero-order valence-electron chi connectivity index (χ0n) is 16.9. The van der Waals surface area contributed by atoms with Gasteiger partial charge in [-0.1, -0.05) is 0 Å². The maximum Gasteiger partial charge on any atom is 0.262 e. The van der Waals surface area contributed by atoms with E-state index in [0.717, 1.165) is 11.1 Å². The number of rotatable bonds is 5. The molecule has 0 bridgehead atoms.